The summed E-state index contributed by atoms with van der Waals surface area (Å²) in [6.45, 7) is 3.79. The first-order valence-corrected chi connectivity index (χ1v) is 22.4. The summed E-state index contributed by atoms with van der Waals surface area (Å²) in [5.41, 5.74) is 0. The molecule has 0 aliphatic rings. The van der Waals surface area contributed by atoms with Gasteiger partial charge in [-0.3, -0.25) is 28.0 Å². The van der Waals surface area contributed by atoms with Gasteiger partial charge in [0, 0.05) is 19.3 Å². The number of unbranched alkanes of at least 4 members (excludes halogenated alkanes) is 12. The Balaban J connectivity index is 4.68. The lowest BCUT2D eigenvalue weighted by molar-refractivity contribution is -0.161. The first-order valence-electron chi connectivity index (χ1n) is 19.4. The average Bonchev–Trinajstić information content (AvgIpc) is 3.10. The second kappa shape index (κ2) is 32.5. The number of ketones is 1. The van der Waals surface area contributed by atoms with Crippen LogP contribution >= 0.6 is 15.6 Å². The molecular formula is C37H68O14P2. The number of carbonyl (C=O) groups excluding carboxylic acids is 3. The molecule has 0 heterocycles. The van der Waals surface area contributed by atoms with Crippen molar-refractivity contribution >= 4 is 33.4 Å². The minimum atomic E-state index is -4.87. The van der Waals surface area contributed by atoms with Gasteiger partial charge in [-0.25, -0.2) is 9.13 Å². The maximum Gasteiger partial charge on any atom is 0.472 e. The van der Waals surface area contributed by atoms with E-state index in [-0.39, 0.29) is 18.6 Å². The van der Waals surface area contributed by atoms with E-state index >= 15 is 0 Å². The second-order valence-corrected chi connectivity index (χ2v) is 16.2. The Morgan fingerprint density at radius 1 is 0.660 bits per heavy atom. The zero-order chi connectivity index (χ0) is 39.8. The molecule has 4 N–H and O–H groups in total. The van der Waals surface area contributed by atoms with E-state index in [0.717, 1.165) is 70.1 Å². The van der Waals surface area contributed by atoms with Gasteiger partial charge in [0.1, 0.15) is 12.7 Å². The predicted molar refractivity (Wildman–Crippen MR) is 203 cm³/mol. The normalized spacial score (nSPS) is 15.0. The molecule has 0 aliphatic carbocycles. The maximum atomic E-state index is 12.6. The van der Waals surface area contributed by atoms with Crippen molar-refractivity contribution in [3.8, 4) is 0 Å². The van der Waals surface area contributed by atoms with Gasteiger partial charge in [-0.15, -0.1) is 0 Å². The number of aliphatic hydroxyl groups excluding tert-OH is 1. The summed E-state index contributed by atoms with van der Waals surface area (Å²) >= 11 is 0. The molecule has 16 heteroatoms. The zero-order valence-corrected chi connectivity index (χ0v) is 34.1. The number of rotatable bonds is 36. The van der Waals surface area contributed by atoms with Crippen LogP contribution in [0.4, 0.5) is 0 Å². The lowest BCUT2D eigenvalue weighted by Crippen LogP contribution is -2.30. The molecule has 14 nitrogen and oxygen atoms in total. The van der Waals surface area contributed by atoms with Crippen LogP contribution in [-0.2, 0) is 46.6 Å². The van der Waals surface area contributed by atoms with Crippen molar-refractivity contribution < 1.29 is 66.3 Å². The van der Waals surface area contributed by atoms with Crippen LogP contribution < -0.4 is 0 Å². The van der Waals surface area contributed by atoms with Crippen molar-refractivity contribution in [2.75, 3.05) is 26.4 Å². The Kier molecular flexibility index (Phi) is 31.4. The van der Waals surface area contributed by atoms with E-state index in [1.54, 1.807) is 12.2 Å². The number of carbonyl (C=O) groups is 3. The van der Waals surface area contributed by atoms with E-state index < -0.39 is 66.2 Å². The summed E-state index contributed by atoms with van der Waals surface area (Å²) < 4.78 is 47.5. The molecule has 0 amide bonds. The molecule has 0 bridgehead atoms. The van der Waals surface area contributed by atoms with E-state index in [0.29, 0.717) is 19.3 Å². The maximum absolute atomic E-state index is 12.6. The average molecular weight is 799 g/mol. The van der Waals surface area contributed by atoms with E-state index in [4.69, 9.17) is 23.8 Å². The lowest BCUT2D eigenvalue weighted by Gasteiger charge is -2.20. The summed E-state index contributed by atoms with van der Waals surface area (Å²) in [6.07, 6.45) is 21.7. The van der Waals surface area contributed by atoms with Gasteiger partial charge in [0.05, 0.1) is 19.8 Å². The van der Waals surface area contributed by atoms with Crippen LogP contribution in [0.1, 0.15) is 149 Å². The highest BCUT2D eigenvalue weighted by Gasteiger charge is 2.28. The van der Waals surface area contributed by atoms with E-state index in [9.17, 15) is 33.5 Å². The topological polar surface area (TPSA) is 212 Å². The minimum Gasteiger partial charge on any atom is -0.462 e. The molecule has 0 aliphatic heterocycles. The molecule has 0 fully saturated rings. The van der Waals surface area contributed by atoms with E-state index in [2.05, 4.69) is 35.9 Å². The molecule has 2 unspecified atom stereocenters. The lowest BCUT2D eigenvalue weighted by atomic mass is 10.00. The molecule has 0 aromatic carbocycles. The summed E-state index contributed by atoms with van der Waals surface area (Å²) in [5, 5.41) is 9.70. The molecule has 0 radical (unpaired) electrons. The molecule has 0 spiro atoms. The van der Waals surface area contributed by atoms with Crippen LogP contribution in [0.2, 0.25) is 0 Å². The minimum absolute atomic E-state index is 0.0487. The Labute approximate surface area is 317 Å². The quantitative estimate of drug-likeness (QED) is 0.0155. The zero-order valence-electron chi connectivity index (χ0n) is 32.3. The van der Waals surface area contributed by atoms with Crippen LogP contribution in [0.25, 0.3) is 0 Å². The van der Waals surface area contributed by atoms with Crippen LogP contribution in [0.15, 0.2) is 24.3 Å². The summed E-state index contributed by atoms with van der Waals surface area (Å²) in [7, 11) is -9.70. The Hall–Kier alpha value is -1.73. The molecule has 310 valence electrons. The third-order valence-electron chi connectivity index (χ3n) is 8.35. The van der Waals surface area contributed by atoms with Gasteiger partial charge in [0.2, 0.25) is 0 Å². The Bertz CT molecular complexity index is 1120. The number of esters is 2. The molecule has 0 rings (SSSR count). The van der Waals surface area contributed by atoms with Crippen molar-refractivity contribution in [1.82, 2.24) is 0 Å². The molecule has 0 aromatic heterocycles. The summed E-state index contributed by atoms with van der Waals surface area (Å²) in [6, 6.07) is 0. The first kappa shape index (κ1) is 51.3. The highest BCUT2D eigenvalue weighted by molar-refractivity contribution is 7.47. The summed E-state index contributed by atoms with van der Waals surface area (Å²) in [5.74, 6) is -0.311. The summed E-state index contributed by atoms with van der Waals surface area (Å²) in [4.78, 5) is 64.4. The van der Waals surface area contributed by atoms with Gasteiger partial charge in [0.15, 0.2) is 11.9 Å². The van der Waals surface area contributed by atoms with Gasteiger partial charge >= 0.3 is 27.6 Å². The molecular weight excluding hydrogens is 730 g/mol. The van der Waals surface area contributed by atoms with Crippen LogP contribution in [0, 0.1) is 5.92 Å². The van der Waals surface area contributed by atoms with Crippen LogP contribution in [0.5, 0.6) is 0 Å². The number of phosphoric acid groups is 2. The predicted octanol–water partition coefficient (Wildman–Crippen LogP) is 8.20. The van der Waals surface area contributed by atoms with E-state index in [1.807, 2.05) is 6.08 Å². The van der Waals surface area contributed by atoms with Gasteiger partial charge in [-0.2, -0.15) is 0 Å². The molecule has 4 atom stereocenters. The Morgan fingerprint density at radius 2 is 1.23 bits per heavy atom. The smallest absolute Gasteiger partial charge is 0.462 e. The number of hydrogen-bond donors (Lipinski definition) is 4. The van der Waals surface area contributed by atoms with Crippen LogP contribution in [0.3, 0.4) is 0 Å². The third kappa shape index (κ3) is 35.7. The molecule has 0 saturated heterocycles. The standard InChI is InChI=1S/C37H68O14P2/c1-4-6-7-8-9-14-19-24-33(38)25-20-15-12-17-22-27-37(41)51-35(31-50-53(45,46)49-29-34(39)28-48-52(42,43)44)30-47-36(40)26-21-16-11-10-13-18-23-32(3)5-2/h9,14,19,24,32,34-35,39H,4-8,10-13,15-18,20-23,25-31H2,1-3H3,(H,45,46)(H2,42,43,44)/b14-9-,24-19+/t32?,34-,35+/m0/s1. The van der Waals surface area contributed by atoms with Crippen molar-refractivity contribution in [3.05, 3.63) is 24.3 Å². The van der Waals surface area contributed by atoms with Gasteiger partial charge in [-0.05, 0) is 44.1 Å². The van der Waals surface area contributed by atoms with Gasteiger partial charge in [0.25, 0.3) is 0 Å². The number of hydrogen-bond acceptors (Lipinski definition) is 11. The largest absolute Gasteiger partial charge is 0.472 e. The first-order chi connectivity index (χ1) is 25.2. The fraction of sp³-hybridized carbons (Fsp3) is 0.811. The number of allylic oxidation sites excluding steroid dienone is 4. The van der Waals surface area contributed by atoms with Crippen LogP contribution in [-0.4, -0.2) is 76.1 Å². The third-order valence-corrected chi connectivity index (χ3v) is 9.79. The van der Waals surface area contributed by atoms with Gasteiger partial charge in [-0.1, -0.05) is 116 Å². The molecule has 53 heavy (non-hydrogen) atoms. The SMILES string of the molecule is CCCCC/C=C\C=C\C(=O)CCCCCCCC(=O)O[C@H](COC(=O)CCCCCCCCC(C)CC)COP(=O)(O)OC[C@@H](O)COP(=O)(O)O. The van der Waals surface area contributed by atoms with Crippen molar-refractivity contribution in [2.24, 2.45) is 5.92 Å². The fourth-order valence-corrected chi connectivity index (χ4v) is 6.11. The molecule has 0 saturated carbocycles. The molecule has 0 aromatic rings. The van der Waals surface area contributed by atoms with Crippen molar-refractivity contribution in [3.63, 3.8) is 0 Å². The second-order valence-electron chi connectivity index (χ2n) is 13.5. The number of phosphoric ester groups is 2. The highest BCUT2D eigenvalue weighted by Crippen LogP contribution is 2.43. The monoisotopic (exact) mass is 798 g/mol. The number of aliphatic hydroxyl groups is 1. The van der Waals surface area contributed by atoms with Gasteiger partial charge < -0.3 is 29.3 Å². The number of ether oxygens (including phenoxy) is 2. The van der Waals surface area contributed by atoms with E-state index in [1.165, 1.54) is 32.1 Å². The fourth-order valence-electron chi connectivity index (χ4n) is 4.95. The highest BCUT2D eigenvalue weighted by atomic mass is 31.2. The Morgan fingerprint density at radius 3 is 1.85 bits per heavy atom. The van der Waals surface area contributed by atoms with Crippen molar-refractivity contribution in [2.45, 2.75) is 161 Å². The van der Waals surface area contributed by atoms with Crippen molar-refractivity contribution in [1.29, 1.82) is 0 Å².